The van der Waals surface area contributed by atoms with Gasteiger partial charge in [-0.25, -0.2) is 0 Å². The Hall–Kier alpha value is -2.07. The maximum Gasteiger partial charge on any atom is 0.270 e. The molecule has 0 aromatic heterocycles. The van der Waals surface area contributed by atoms with Crippen LogP contribution < -0.4 is 9.64 Å². The van der Waals surface area contributed by atoms with Crippen molar-refractivity contribution in [3.8, 4) is 18.1 Å². The highest BCUT2D eigenvalue weighted by Gasteiger charge is 2.33. The van der Waals surface area contributed by atoms with Crippen molar-refractivity contribution in [2.24, 2.45) is 0 Å². The minimum Gasteiger partial charge on any atom is -0.480 e. The summed E-state index contributed by atoms with van der Waals surface area (Å²) >= 11 is 10.1. The van der Waals surface area contributed by atoms with Gasteiger partial charge in [0.1, 0.15) is 12.4 Å². The predicted octanol–water partition coefficient (Wildman–Crippen LogP) is 4.87. The van der Waals surface area contributed by atoms with E-state index in [4.69, 9.17) is 23.4 Å². The van der Waals surface area contributed by atoms with Crippen molar-refractivity contribution in [3.63, 3.8) is 0 Å². The van der Waals surface area contributed by atoms with Gasteiger partial charge in [0.25, 0.3) is 5.91 Å². The Morgan fingerprint density at radius 1 is 1.28 bits per heavy atom. The van der Waals surface area contributed by atoms with Crippen molar-refractivity contribution in [2.45, 2.75) is 0 Å². The molecule has 0 spiro atoms. The molecule has 0 atom stereocenters. The highest BCUT2D eigenvalue weighted by atomic mass is 79.9. The molecule has 0 N–H and O–H groups in total. The van der Waals surface area contributed by atoms with Gasteiger partial charge >= 0.3 is 0 Å². The number of hydrogen-bond acceptors (Lipinski definition) is 4. The largest absolute Gasteiger partial charge is 0.480 e. The number of halogens is 1. The fourth-order valence-corrected chi connectivity index (χ4v) is 4.07. The fraction of sp³-hybridized carbons (Fsp3) is 0.0526. The second kappa shape index (κ2) is 7.87. The van der Waals surface area contributed by atoms with Gasteiger partial charge in [0.05, 0.1) is 15.1 Å². The number of terminal acetylenes is 1. The second-order valence-corrected chi connectivity index (χ2v) is 7.57. The SMILES string of the molecule is C#CCOc1ccc(/C=C2/SC(=S)N(c3ccccc3)C2=O)cc1Br. The number of nitrogens with zero attached hydrogens (tertiary/aromatic N) is 1. The highest BCUT2D eigenvalue weighted by Crippen LogP contribution is 2.36. The average molecular weight is 430 g/mol. The number of rotatable bonds is 4. The lowest BCUT2D eigenvalue weighted by Gasteiger charge is -2.13. The number of ether oxygens (including phenoxy) is 1. The van der Waals surface area contributed by atoms with Gasteiger partial charge in [-0.05, 0) is 51.8 Å². The Bertz CT molecular complexity index is 903. The zero-order valence-electron chi connectivity index (χ0n) is 12.9. The van der Waals surface area contributed by atoms with E-state index in [-0.39, 0.29) is 12.5 Å². The van der Waals surface area contributed by atoms with Crippen LogP contribution in [-0.2, 0) is 4.79 Å². The minimum absolute atomic E-state index is 0.120. The van der Waals surface area contributed by atoms with Crippen LogP contribution in [0.4, 0.5) is 5.69 Å². The van der Waals surface area contributed by atoms with Gasteiger partial charge in [-0.1, -0.05) is 54.2 Å². The van der Waals surface area contributed by atoms with E-state index >= 15 is 0 Å². The van der Waals surface area contributed by atoms with E-state index in [0.29, 0.717) is 15.0 Å². The summed E-state index contributed by atoms with van der Waals surface area (Å²) < 4.78 is 6.72. The second-order valence-electron chi connectivity index (χ2n) is 5.04. The Kier molecular flexibility index (Phi) is 5.59. The monoisotopic (exact) mass is 429 g/mol. The molecule has 3 rings (SSSR count). The summed E-state index contributed by atoms with van der Waals surface area (Å²) in [5.41, 5.74) is 1.64. The number of thioether (sulfide) groups is 1. The molecule has 0 radical (unpaired) electrons. The normalized spacial score (nSPS) is 15.5. The number of carbonyl (C=O) groups is 1. The van der Waals surface area contributed by atoms with E-state index in [1.807, 2.05) is 54.6 Å². The van der Waals surface area contributed by atoms with Crippen molar-refractivity contribution in [1.29, 1.82) is 0 Å². The van der Waals surface area contributed by atoms with Gasteiger partial charge in [-0.15, -0.1) is 6.42 Å². The van der Waals surface area contributed by atoms with Gasteiger partial charge in [0.15, 0.2) is 4.32 Å². The summed E-state index contributed by atoms with van der Waals surface area (Å²) in [4.78, 5) is 14.8. The molecule has 124 valence electrons. The first-order chi connectivity index (χ1) is 12.1. The molecule has 1 fully saturated rings. The molecule has 1 amide bonds. The molecular formula is C19H12BrNO2S2. The van der Waals surface area contributed by atoms with Gasteiger partial charge in [-0.3, -0.25) is 9.69 Å². The summed E-state index contributed by atoms with van der Waals surface area (Å²) in [5.74, 6) is 2.96. The van der Waals surface area contributed by atoms with E-state index in [1.54, 1.807) is 4.90 Å². The molecule has 1 saturated heterocycles. The molecule has 2 aromatic rings. The molecule has 2 aromatic carbocycles. The van der Waals surface area contributed by atoms with Crippen LogP contribution in [0, 0.1) is 12.3 Å². The van der Waals surface area contributed by atoms with Gasteiger partial charge in [0, 0.05) is 0 Å². The van der Waals surface area contributed by atoms with E-state index in [9.17, 15) is 4.79 Å². The van der Waals surface area contributed by atoms with Crippen LogP contribution in [0.3, 0.4) is 0 Å². The minimum atomic E-state index is -0.120. The van der Waals surface area contributed by atoms with Gasteiger partial charge < -0.3 is 4.74 Å². The number of carbonyl (C=O) groups excluding carboxylic acids is 1. The standard InChI is InChI=1S/C19H12BrNO2S2/c1-2-10-23-16-9-8-13(11-15(16)20)12-17-18(22)21(19(24)25-17)14-6-4-3-5-7-14/h1,3-9,11-12H,10H2/b17-12+. The topological polar surface area (TPSA) is 29.5 Å². The molecule has 0 bridgehead atoms. The van der Waals surface area contributed by atoms with Crippen LogP contribution in [0.5, 0.6) is 5.75 Å². The first-order valence-corrected chi connectivity index (χ1v) is 9.31. The first kappa shape index (κ1) is 17.7. The van der Waals surface area contributed by atoms with Crippen molar-refractivity contribution in [1.82, 2.24) is 0 Å². The van der Waals surface area contributed by atoms with Gasteiger partial charge in [-0.2, -0.15) is 0 Å². The zero-order chi connectivity index (χ0) is 17.8. The summed E-state index contributed by atoms with van der Waals surface area (Å²) in [5, 5.41) is 0. The molecule has 0 saturated carbocycles. The number of thiocarbonyl (C=S) groups is 1. The number of benzene rings is 2. The number of amides is 1. The van der Waals surface area contributed by atoms with Crippen molar-refractivity contribution in [3.05, 3.63) is 63.5 Å². The zero-order valence-corrected chi connectivity index (χ0v) is 16.2. The third-order valence-corrected chi connectivity index (χ3v) is 5.29. The maximum absolute atomic E-state index is 12.7. The predicted molar refractivity (Wildman–Crippen MR) is 111 cm³/mol. The Morgan fingerprint density at radius 2 is 2.04 bits per heavy atom. The quantitative estimate of drug-likeness (QED) is 0.394. The van der Waals surface area contributed by atoms with E-state index in [0.717, 1.165) is 15.7 Å². The van der Waals surface area contributed by atoms with E-state index in [1.165, 1.54) is 11.8 Å². The van der Waals surface area contributed by atoms with Crippen molar-refractivity contribution in [2.75, 3.05) is 11.5 Å². The van der Waals surface area contributed by atoms with Crippen LogP contribution >= 0.6 is 39.9 Å². The van der Waals surface area contributed by atoms with E-state index < -0.39 is 0 Å². The fourth-order valence-electron chi connectivity index (χ4n) is 2.26. The third kappa shape index (κ3) is 3.96. The van der Waals surface area contributed by atoms with Gasteiger partial charge in [0.2, 0.25) is 0 Å². The molecule has 6 heteroatoms. The van der Waals surface area contributed by atoms with Crippen LogP contribution in [0.1, 0.15) is 5.56 Å². The maximum atomic E-state index is 12.7. The smallest absolute Gasteiger partial charge is 0.270 e. The summed E-state index contributed by atoms with van der Waals surface area (Å²) in [6.07, 6.45) is 7.02. The Balaban J connectivity index is 1.85. The van der Waals surface area contributed by atoms with Crippen LogP contribution in [0.2, 0.25) is 0 Å². The van der Waals surface area contributed by atoms with Crippen LogP contribution in [-0.4, -0.2) is 16.8 Å². The third-order valence-electron chi connectivity index (χ3n) is 3.37. The van der Waals surface area contributed by atoms with Crippen LogP contribution in [0.25, 0.3) is 6.08 Å². The number of para-hydroxylation sites is 1. The molecule has 1 heterocycles. The molecular weight excluding hydrogens is 418 g/mol. The van der Waals surface area contributed by atoms with Crippen molar-refractivity contribution < 1.29 is 9.53 Å². The van der Waals surface area contributed by atoms with Crippen molar-refractivity contribution >= 4 is 61.9 Å². The summed E-state index contributed by atoms with van der Waals surface area (Å²) in [7, 11) is 0. The lowest BCUT2D eigenvalue weighted by Crippen LogP contribution is -2.27. The molecule has 1 aliphatic heterocycles. The Morgan fingerprint density at radius 3 is 2.72 bits per heavy atom. The Labute approximate surface area is 164 Å². The van der Waals surface area contributed by atoms with Crippen LogP contribution in [0.15, 0.2) is 57.9 Å². The average Bonchev–Trinajstić information content (AvgIpc) is 2.88. The number of anilines is 1. The number of hydrogen-bond donors (Lipinski definition) is 0. The lowest BCUT2D eigenvalue weighted by atomic mass is 10.2. The molecule has 0 aliphatic carbocycles. The highest BCUT2D eigenvalue weighted by molar-refractivity contribution is 9.10. The summed E-state index contributed by atoms with van der Waals surface area (Å²) in [6, 6.07) is 14.9. The first-order valence-electron chi connectivity index (χ1n) is 7.29. The summed E-state index contributed by atoms with van der Waals surface area (Å²) in [6.45, 7) is 0.202. The van der Waals surface area contributed by atoms with E-state index in [2.05, 4.69) is 21.9 Å². The lowest BCUT2D eigenvalue weighted by molar-refractivity contribution is -0.113. The molecule has 0 unspecified atom stereocenters. The molecule has 25 heavy (non-hydrogen) atoms. The molecule has 1 aliphatic rings. The molecule has 3 nitrogen and oxygen atoms in total.